The van der Waals surface area contributed by atoms with Gasteiger partial charge in [0.2, 0.25) is 0 Å². The normalized spacial score (nSPS) is 11.1. The number of rotatable bonds is 22. The van der Waals surface area contributed by atoms with Crippen LogP contribution in [0.1, 0.15) is 135 Å². The van der Waals surface area contributed by atoms with Crippen LogP contribution in [0.2, 0.25) is 0 Å². The Balaban J connectivity index is 1.84. The third kappa shape index (κ3) is 16.9. The Labute approximate surface area is 210 Å². The molecule has 3 N–H and O–H groups in total. The molecule has 0 aromatic heterocycles. The number of hydrogen-bond donors (Lipinski definition) is 2. The van der Waals surface area contributed by atoms with Crippen LogP contribution in [0.25, 0.3) is 0 Å². The van der Waals surface area contributed by atoms with Crippen molar-refractivity contribution in [1.29, 1.82) is 0 Å². The molecule has 0 aliphatic carbocycles. The summed E-state index contributed by atoms with van der Waals surface area (Å²) in [7, 11) is 0. The molecule has 0 unspecified atom stereocenters. The first-order valence-corrected chi connectivity index (χ1v) is 14.4. The highest BCUT2D eigenvalue weighted by atomic mass is 32.1. The molecule has 0 atom stereocenters. The van der Waals surface area contributed by atoms with Crippen LogP contribution in [0.4, 0.5) is 5.69 Å². The molecule has 0 radical (unpaired) electrons. The topological polar surface area (TPSA) is 49.5 Å². The molecule has 1 aromatic carbocycles. The molecule has 0 heterocycles. The predicted octanol–water partition coefficient (Wildman–Crippen LogP) is 9.26. The summed E-state index contributed by atoms with van der Waals surface area (Å²) < 4.78 is 0. The molecule has 4 heteroatoms. The van der Waals surface area contributed by atoms with E-state index in [-0.39, 0.29) is 5.75 Å². The van der Waals surface area contributed by atoms with Crippen molar-refractivity contribution in [3.05, 3.63) is 24.3 Å². The number of anilines is 1. The Morgan fingerprint density at radius 2 is 0.970 bits per heavy atom. The first-order valence-electron chi connectivity index (χ1n) is 14.0. The van der Waals surface area contributed by atoms with Crippen LogP contribution in [-0.2, 0) is 0 Å². The fourth-order valence-electron chi connectivity index (χ4n) is 4.52. The lowest BCUT2D eigenvalue weighted by atomic mass is 10.0. The molecular formula is C29H52N2OS. The molecule has 0 saturated carbocycles. The van der Waals surface area contributed by atoms with Crippen molar-refractivity contribution in [3.63, 3.8) is 0 Å². The summed E-state index contributed by atoms with van der Waals surface area (Å²) in [4.78, 5) is 1.96. The maximum atomic E-state index is 9.45. The molecule has 0 amide bonds. The lowest BCUT2D eigenvalue weighted by Gasteiger charge is -2.23. The lowest BCUT2D eigenvalue weighted by Crippen LogP contribution is -2.36. The van der Waals surface area contributed by atoms with Gasteiger partial charge in [0.25, 0.3) is 0 Å². The quantitative estimate of drug-likeness (QED) is 0.129. The van der Waals surface area contributed by atoms with Crippen LogP contribution in [0.3, 0.4) is 0 Å². The van der Waals surface area contributed by atoms with Crippen LogP contribution in [-0.4, -0.2) is 16.8 Å². The summed E-state index contributed by atoms with van der Waals surface area (Å²) in [6.07, 6.45) is 27.8. The summed E-state index contributed by atoms with van der Waals surface area (Å²) >= 11 is 5.20. The summed E-state index contributed by atoms with van der Waals surface area (Å²) in [5.41, 5.74) is 6.84. The van der Waals surface area contributed by atoms with Crippen LogP contribution in [0, 0.1) is 0 Å². The van der Waals surface area contributed by atoms with Gasteiger partial charge in [-0.3, -0.25) is 0 Å². The number of thiocarbonyl (C=S) groups is 1. The third-order valence-electron chi connectivity index (χ3n) is 6.66. The van der Waals surface area contributed by atoms with E-state index < -0.39 is 0 Å². The van der Waals surface area contributed by atoms with E-state index in [0.29, 0.717) is 5.11 Å². The van der Waals surface area contributed by atoms with Gasteiger partial charge in [0.15, 0.2) is 5.11 Å². The summed E-state index contributed by atoms with van der Waals surface area (Å²) in [6, 6.07) is 7.09. The second-order valence-electron chi connectivity index (χ2n) is 9.72. The monoisotopic (exact) mass is 476 g/mol. The van der Waals surface area contributed by atoms with Crippen molar-refractivity contribution in [2.45, 2.75) is 135 Å². The zero-order valence-corrected chi connectivity index (χ0v) is 22.4. The minimum atomic E-state index is 0.264. The number of aromatic hydroxyl groups is 1. The summed E-state index contributed by atoms with van der Waals surface area (Å²) in [5, 5.41) is 9.85. The molecule has 0 saturated heterocycles. The van der Waals surface area contributed by atoms with Crippen LogP contribution in [0.15, 0.2) is 24.3 Å². The van der Waals surface area contributed by atoms with Crippen molar-refractivity contribution in [2.24, 2.45) is 5.73 Å². The van der Waals surface area contributed by atoms with E-state index in [1.165, 1.54) is 122 Å². The van der Waals surface area contributed by atoms with Gasteiger partial charge in [-0.2, -0.15) is 0 Å². The van der Waals surface area contributed by atoms with Gasteiger partial charge in [-0.05, 0) is 42.9 Å². The highest BCUT2D eigenvalue weighted by Crippen LogP contribution is 2.20. The molecule has 0 aliphatic rings. The molecule has 0 bridgehead atoms. The molecule has 0 spiro atoms. The van der Waals surface area contributed by atoms with E-state index in [9.17, 15) is 5.11 Å². The number of nitrogens with two attached hydrogens (primary N) is 1. The predicted molar refractivity (Wildman–Crippen MR) is 150 cm³/mol. The Bertz CT molecular complexity index is 575. The van der Waals surface area contributed by atoms with Crippen molar-refractivity contribution >= 4 is 23.0 Å². The van der Waals surface area contributed by atoms with Crippen molar-refractivity contribution in [1.82, 2.24) is 0 Å². The van der Waals surface area contributed by atoms with Gasteiger partial charge in [-0.25, -0.2) is 0 Å². The molecule has 1 aromatic rings. The van der Waals surface area contributed by atoms with E-state index in [0.717, 1.165) is 18.7 Å². The average Bonchev–Trinajstić information content (AvgIpc) is 2.81. The summed E-state index contributed by atoms with van der Waals surface area (Å²) in [5.74, 6) is 0.264. The number of hydrogen-bond acceptors (Lipinski definition) is 2. The number of phenols is 1. The number of unbranched alkanes of at least 4 members (excludes halogenated alkanes) is 19. The fraction of sp³-hybridized carbons (Fsp3) is 0.759. The van der Waals surface area contributed by atoms with Crippen LogP contribution in [0.5, 0.6) is 5.75 Å². The Morgan fingerprint density at radius 1 is 0.636 bits per heavy atom. The molecule has 0 aliphatic heterocycles. The van der Waals surface area contributed by atoms with Crippen LogP contribution < -0.4 is 10.6 Å². The standard InChI is InChI=1S/C29H52N2OS/c1-2-3-4-5-6-7-8-9-10-11-12-13-14-15-16-17-18-19-20-21-26-31(29(30)33)27-22-24-28(32)25-23-27/h22-25,32H,2-21,26H2,1H3,(H2,30,33). The first-order chi connectivity index (χ1) is 16.1. The van der Waals surface area contributed by atoms with Gasteiger partial charge in [0.05, 0.1) is 0 Å². The zero-order chi connectivity index (χ0) is 24.0. The SMILES string of the molecule is CCCCCCCCCCCCCCCCCCCCCCN(C(N)=S)c1ccc(O)cc1. The molecule has 190 valence electrons. The van der Waals surface area contributed by atoms with Gasteiger partial charge < -0.3 is 15.7 Å². The highest BCUT2D eigenvalue weighted by Gasteiger charge is 2.08. The summed E-state index contributed by atoms with van der Waals surface area (Å²) in [6.45, 7) is 3.14. The second-order valence-corrected chi connectivity index (χ2v) is 10.1. The average molecular weight is 477 g/mol. The van der Waals surface area contributed by atoms with Crippen molar-refractivity contribution < 1.29 is 5.11 Å². The molecular weight excluding hydrogens is 424 g/mol. The minimum absolute atomic E-state index is 0.264. The number of phenolic OH excluding ortho intramolecular Hbond substituents is 1. The maximum Gasteiger partial charge on any atom is 0.170 e. The molecule has 33 heavy (non-hydrogen) atoms. The fourth-order valence-corrected chi connectivity index (χ4v) is 4.72. The Hall–Kier alpha value is -1.29. The first kappa shape index (κ1) is 29.7. The smallest absolute Gasteiger partial charge is 0.170 e. The molecule has 3 nitrogen and oxygen atoms in total. The largest absolute Gasteiger partial charge is 0.508 e. The van der Waals surface area contributed by atoms with E-state index in [1.54, 1.807) is 12.1 Å². The van der Waals surface area contributed by atoms with Crippen LogP contribution >= 0.6 is 12.2 Å². The van der Waals surface area contributed by atoms with E-state index in [4.69, 9.17) is 18.0 Å². The van der Waals surface area contributed by atoms with E-state index in [1.807, 2.05) is 17.0 Å². The van der Waals surface area contributed by atoms with E-state index >= 15 is 0 Å². The maximum absolute atomic E-state index is 9.45. The van der Waals surface area contributed by atoms with Crippen molar-refractivity contribution in [2.75, 3.05) is 11.4 Å². The number of benzene rings is 1. The second kappa shape index (κ2) is 21.3. The lowest BCUT2D eigenvalue weighted by molar-refractivity contribution is 0.475. The highest BCUT2D eigenvalue weighted by molar-refractivity contribution is 7.80. The number of nitrogens with zero attached hydrogens (tertiary/aromatic N) is 1. The minimum Gasteiger partial charge on any atom is -0.508 e. The van der Waals surface area contributed by atoms with Crippen molar-refractivity contribution in [3.8, 4) is 5.75 Å². The molecule has 1 rings (SSSR count). The molecule has 0 fully saturated rings. The van der Waals surface area contributed by atoms with Gasteiger partial charge in [-0.1, -0.05) is 129 Å². The Morgan fingerprint density at radius 3 is 1.30 bits per heavy atom. The third-order valence-corrected chi connectivity index (χ3v) is 6.88. The Kier molecular flexibility index (Phi) is 19.2. The van der Waals surface area contributed by atoms with Gasteiger partial charge in [0.1, 0.15) is 5.75 Å². The van der Waals surface area contributed by atoms with Gasteiger partial charge >= 0.3 is 0 Å². The zero-order valence-electron chi connectivity index (χ0n) is 21.5. The van der Waals surface area contributed by atoms with Gasteiger partial charge in [-0.15, -0.1) is 0 Å². The van der Waals surface area contributed by atoms with Gasteiger partial charge in [0, 0.05) is 12.2 Å². The van der Waals surface area contributed by atoms with E-state index in [2.05, 4.69) is 6.92 Å².